The van der Waals surface area contributed by atoms with E-state index in [-0.39, 0.29) is 0 Å². The summed E-state index contributed by atoms with van der Waals surface area (Å²) in [6, 6.07) is 1.93. The van der Waals surface area contributed by atoms with Gasteiger partial charge in [-0.1, -0.05) is 0 Å². The van der Waals surface area contributed by atoms with Crippen molar-refractivity contribution in [3.05, 3.63) is 17.8 Å². The molecule has 0 spiro atoms. The summed E-state index contributed by atoms with van der Waals surface area (Å²) in [7, 11) is 0. The first-order chi connectivity index (χ1) is 6.68. The molecule has 4 heteroatoms. The molecule has 2 N–H and O–H groups in total. The number of nitrogens with zero attached hydrogens (tertiary/aromatic N) is 2. The maximum atomic E-state index is 9.83. The minimum Gasteiger partial charge on any atom is -0.388 e. The Morgan fingerprint density at radius 3 is 2.93 bits per heavy atom. The van der Waals surface area contributed by atoms with Crippen LogP contribution in [0.3, 0.4) is 0 Å². The SMILES string of the molecule is Cc1cnnc(NCC2(O)CCC2)c1. The van der Waals surface area contributed by atoms with Gasteiger partial charge in [-0.05, 0) is 37.8 Å². The van der Waals surface area contributed by atoms with Crippen LogP contribution < -0.4 is 5.32 Å². The molecule has 1 aromatic heterocycles. The summed E-state index contributed by atoms with van der Waals surface area (Å²) in [4.78, 5) is 0. The van der Waals surface area contributed by atoms with Crippen LogP contribution in [0.4, 0.5) is 5.82 Å². The number of rotatable bonds is 3. The molecule has 0 amide bonds. The number of hydrogen-bond donors (Lipinski definition) is 2. The van der Waals surface area contributed by atoms with Gasteiger partial charge in [0.1, 0.15) is 5.82 Å². The molecule has 1 heterocycles. The van der Waals surface area contributed by atoms with Crippen LogP contribution in [0.15, 0.2) is 12.3 Å². The fourth-order valence-corrected chi connectivity index (χ4v) is 1.57. The van der Waals surface area contributed by atoms with Gasteiger partial charge in [0.05, 0.1) is 11.8 Å². The van der Waals surface area contributed by atoms with Crippen LogP contribution in [0, 0.1) is 6.92 Å². The van der Waals surface area contributed by atoms with Gasteiger partial charge in [-0.25, -0.2) is 0 Å². The molecule has 1 saturated carbocycles. The standard InChI is InChI=1S/C10H15N3O/c1-8-5-9(13-12-6-8)11-7-10(14)3-2-4-10/h5-6,14H,2-4,7H2,1H3,(H,11,13). The lowest BCUT2D eigenvalue weighted by Gasteiger charge is -2.36. The molecule has 1 fully saturated rings. The van der Waals surface area contributed by atoms with Gasteiger partial charge in [0.15, 0.2) is 0 Å². The zero-order valence-corrected chi connectivity index (χ0v) is 8.32. The average Bonchev–Trinajstić information content (AvgIpc) is 2.12. The monoisotopic (exact) mass is 193 g/mol. The summed E-state index contributed by atoms with van der Waals surface area (Å²) in [6.45, 7) is 2.54. The van der Waals surface area contributed by atoms with Crippen molar-refractivity contribution in [2.45, 2.75) is 31.8 Å². The molecule has 0 radical (unpaired) electrons. The van der Waals surface area contributed by atoms with Crippen molar-refractivity contribution in [1.29, 1.82) is 0 Å². The summed E-state index contributed by atoms with van der Waals surface area (Å²) < 4.78 is 0. The Morgan fingerprint density at radius 2 is 2.36 bits per heavy atom. The van der Waals surface area contributed by atoms with Crippen molar-refractivity contribution >= 4 is 5.82 Å². The van der Waals surface area contributed by atoms with E-state index >= 15 is 0 Å². The molecule has 1 aliphatic rings. The van der Waals surface area contributed by atoms with Crippen LogP contribution in [0.5, 0.6) is 0 Å². The lowest BCUT2D eigenvalue weighted by Crippen LogP contribution is -2.43. The highest BCUT2D eigenvalue weighted by Crippen LogP contribution is 2.31. The lowest BCUT2D eigenvalue weighted by molar-refractivity contribution is -0.0202. The Kier molecular flexibility index (Phi) is 2.37. The Bertz CT molecular complexity index is 323. The van der Waals surface area contributed by atoms with Crippen LogP contribution in [0.25, 0.3) is 0 Å². The predicted octanol–water partition coefficient (Wildman–Crippen LogP) is 1.11. The molecule has 0 atom stereocenters. The maximum absolute atomic E-state index is 9.83. The van der Waals surface area contributed by atoms with Gasteiger partial charge in [0.25, 0.3) is 0 Å². The quantitative estimate of drug-likeness (QED) is 0.755. The van der Waals surface area contributed by atoms with Crippen LogP contribution in [-0.4, -0.2) is 27.4 Å². The Morgan fingerprint density at radius 1 is 1.57 bits per heavy atom. The molecule has 2 rings (SSSR count). The van der Waals surface area contributed by atoms with Gasteiger partial charge in [-0.3, -0.25) is 0 Å². The number of aryl methyl sites for hydroxylation is 1. The molecular formula is C10H15N3O. The van der Waals surface area contributed by atoms with E-state index in [2.05, 4.69) is 15.5 Å². The van der Waals surface area contributed by atoms with Gasteiger partial charge in [0.2, 0.25) is 0 Å². The van der Waals surface area contributed by atoms with E-state index in [1.165, 1.54) is 0 Å². The van der Waals surface area contributed by atoms with Gasteiger partial charge >= 0.3 is 0 Å². The Balaban J connectivity index is 1.91. The lowest BCUT2D eigenvalue weighted by atomic mass is 9.80. The number of aromatic nitrogens is 2. The molecule has 0 aromatic carbocycles. The maximum Gasteiger partial charge on any atom is 0.149 e. The van der Waals surface area contributed by atoms with E-state index in [1.54, 1.807) is 6.20 Å². The van der Waals surface area contributed by atoms with Gasteiger partial charge in [-0.15, -0.1) is 5.10 Å². The second-order valence-corrected chi connectivity index (χ2v) is 4.05. The summed E-state index contributed by atoms with van der Waals surface area (Å²) >= 11 is 0. The van der Waals surface area contributed by atoms with E-state index in [0.29, 0.717) is 6.54 Å². The highest BCUT2D eigenvalue weighted by atomic mass is 16.3. The zero-order valence-electron chi connectivity index (χ0n) is 8.32. The Hall–Kier alpha value is -1.16. The molecule has 0 aliphatic heterocycles. The third kappa shape index (κ3) is 2.01. The molecule has 0 bridgehead atoms. The van der Waals surface area contributed by atoms with Crippen molar-refractivity contribution in [3.8, 4) is 0 Å². The van der Waals surface area contributed by atoms with Gasteiger partial charge in [-0.2, -0.15) is 5.10 Å². The second kappa shape index (κ2) is 3.53. The van der Waals surface area contributed by atoms with Crippen molar-refractivity contribution in [1.82, 2.24) is 10.2 Å². The number of anilines is 1. The zero-order chi connectivity index (χ0) is 10.0. The molecule has 0 saturated heterocycles. The topological polar surface area (TPSA) is 58.0 Å². The highest BCUT2D eigenvalue weighted by molar-refractivity contribution is 5.35. The number of nitrogens with one attached hydrogen (secondary N) is 1. The predicted molar refractivity (Wildman–Crippen MR) is 54.1 cm³/mol. The van der Waals surface area contributed by atoms with E-state index in [0.717, 1.165) is 30.6 Å². The van der Waals surface area contributed by atoms with Gasteiger partial charge in [0, 0.05) is 6.54 Å². The van der Waals surface area contributed by atoms with E-state index < -0.39 is 5.60 Å². The summed E-state index contributed by atoms with van der Waals surface area (Å²) in [5, 5.41) is 20.7. The molecule has 0 unspecified atom stereocenters. The molecule has 14 heavy (non-hydrogen) atoms. The van der Waals surface area contributed by atoms with E-state index in [1.807, 2.05) is 13.0 Å². The molecular weight excluding hydrogens is 178 g/mol. The van der Waals surface area contributed by atoms with Crippen LogP contribution in [-0.2, 0) is 0 Å². The van der Waals surface area contributed by atoms with Crippen molar-refractivity contribution in [2.24, 2.45) is 0 Å². The molecule has 1 aromatic rings. The molecule has 1 aliphatic carbocycles. The highest BCUT2D eigenvalue weighted by Gasteiger charge is 2.33. The van der Waals surface area contributed by atoms with Crippen molar-refractivity contribution in [2.75, 3.05) is 11.9 Å². The third-order valence-electron chi connectivity index (χ3n) is 2.67. The minimum atomic E-state index is -0.509. The third-order valence-corrected chi connectivity index (χ3v) is 2.67. The smallest absolute Gasteiger partial charge is 0.149 e. The molecule has 4 nitrogen and oxygen atoms in total. The average molecular weight is 193 g/mol. The van der Waals surface area contributed by atoms with Crippen LogP contribution >= 0.6 is 0 Å². The van der Waals surface area contributed by atoms with Gasteiger partial charge < -0.3 is 10.4 Å². The first-order valence-corrected chi connectivity index (χ1v) is 4.94. The fourth-order valence-electron chi connectivity index (χ4n) is 1.57. The van der Waals surface area contributed by atoms with Crippen molar-refractivity contribution < 1.29 is 5.11 Å². The summed E-state index contributed by atoms with van der Waals surface area (Å²) in [5.41, 5.74) is 0.564. The van der Waals surface area contributed by atoms with E-state index in [4.69, 9.17) is 0 Å². The van der Waals surface area contributed by atoms with Crippen molar-refractivity contribution in [3.63, 3.8) is 0 Å². The largest absolute Gasteiger partial charge is 0.388 e. The second-order valence-electron chi connectivity index (χ2n) is 4.05. The fraction of sp³-hybridized carbons (Fsp3) is 0.600. The minimum absolute atomic E-state index is 0.509. The number of hydrogen-bond acceptors (Lipinski definition) is 4. The Labute approximate surface area is 83.4 Å². The summed E-state index contributed by atoms with van der Waals surface area (Å²) in [5.74, 6) is 0.741. The van der Waals surface area contributed by atoms with E-state index in [9.17, 15) is 5.11 Å². The normalized spacial score (nSPS) is 18.7. The first-order valence-electron chi connectivity index (χ1n) is 4.94. The number of aliphatic hydroxyl groups is 1. The van der Waals surface area contributed by atoms with Crippen LogP contribution in [0.2, 0.25) is 0 Å². The summed E-state index contributed by atoms with van der Waals surface area (Å²) in [6.07, 6.45) is 4.61. The molecule has 76 valence electrons. The first kappa shape index (κ1) is 9.40. The van der Waals surface area contributed by atoms with Crippen LogP contribution in [0.1, 0.15) is 24.8 Å².